The summed E-state index contributed by atoms with van der Waals surface area (Å²) in [5.74, 6) is -0.772. The summed E-state index contributed by atoms with van der Waals surface area (Å²) in [5.41, 5.74) is 0.617. The minimum absolute atomic E-state index is 0.0251. The third-order valence-corrected chi connectivity index (χ3v) is 2.53. The predicted octanol–water partition coefficient (Wildman–Crippen LogP) is 1.57. The number of nitro groups is 1. The number of nitro benzene ring substituents is 1. The summed E-state index contributed by atoms with van der Waals surface area (Å²) >= 11 is 0. The number of non-ortho nitro benzene ring substituents is 1. The third kappa shape index (κ3) is 3.39. The highest BCUT2D eigenvalue weighted by Crippen LogP contribution is 2.13. The van der Waals surface area contributed by atoms with Crippen LogP contribution in [-0.4, -0.2) is 21.2 Å². The van der Waals surface area contributed by atoms with Gasteiger partial charge in [0.1, 0.15) is 0 Å². The first-order chi connectivity index (χ1) is 9.56. The van der Waals surface area contributed by atoms with Crippen molar-refractivity contribution in [2.45, 2.75) is 13.1 Å². The van der Waals surface area contributed by atoms with Crippen LogP contribution in [0.5, 0.6) is 0 Å². The Hall–Kier alpha value is -2.74. The van der Waals surface area contributed by atoms with Crippen molar-refractivity contribution in [3.8, 4) is 0 Å². The number of aromatic carboxylic acids is 1. The molecule has 1 aromatic carbocycles. The lowest BCUT2D eigenvalue weighted by molar-refractivity contribution is -0.384. The Morgan fingerprint density at radius 3 is 2.85 bits per heavy atom. The third-order valence-electron chi connectivity index (χ3n) is 2.53. The van der Waals surface area contributed by atoms with E-state index in [0.29, 0.717) is 12.3 Å². The van der Waals surface area contributed by atoms with Crippen LogP contribution in [0.1, 0.15) is 21.8 Å². The monoisotopic (exact) mass is 277 g/mol. The highest BCUT2D eigenvalue weighted by Gasteiger charge is 2.10. The minimum Gasteiger partial charge on any atom is -0.476 e. The quantitative estimate of drug-likeness (QED) is 0.607. The summed E-state index contributed by atoms with van der Waals surface area (Å²) in [5, 5.41) is 25.7. The first-order valence-corrected chi connectivity index (χ1v) is 5.69. The Kier molecular flexibility index (Phi) is 4.06. The van der Waals surface area contributed by atoms with E-state index in [-0.39, 0.29) is 17.9 Å². The average Bonchev–Trinajstić information content (AvgIpc) is 2.88. The van der Waals surface area contributed by atoms with E-state index in [2.05, 4.69) is 10.5 Å². The van der Waals surface area contributed by atoms with Gasteiger partial charge >= 0.3 is 5.97 Å². The predicted molar refractivity (Wildman–Crippen MR) is 67.1 cm³/mol. The standard InChI is InChI=1S/C12H11N3O5/c16-12(17)11-5-10(20-14-11)7-13-6-8-2-1-3-9(4-8)15(18)19/h1-5,13H,6-7H2,(H,16,17). The maximum Gasteiger partial charge on any atom is 0.358 e. The summed E-state index contributed by atoms with van der Waals surface area (Å²) in [4.78, 5) is 20.8. The Morgan fingerprint density at radius 1 is 1.40 bits per heavy atom. The smallest absolute Gasteiger partial charge is 0.358 e. The van der Waals surface area contributed by atoms with E-state index < -0.39 is 10.9 Å². The Balaban J connectivity index is 1.90. The molecule has 104 valence electrons. The van der Waals surface area contributed by atoms with Gasteiger partial charge in [-0.3, -0.25) is 10.1 Å². The molecule has 8 heteroatoms. The first-order valence-electron chi connectivity index (χ1n) is 5.69. The number of hydrogen-bond donors (Lipinski definition) is 2. The molecule has 0 amide bonds. The van der Waals surface area contributed by atoms with Crippen molar-refractivity contribution >= 4 is 11.7 Å². The molecule has 0 unspecified atom stereocenters. The topological polar surface area (TPSA) is 118 Å². The molecule has 2 aromatic rings. The Bertz CT molecular complexity index is 638. The zero-order valence-corrected chi connectivity index (χ0v) is 10.3. The van der Waals surface area contributed by atoms with Gasteiger partial charge in [0, 0.05) is 24.7 Å². The lowest BCUT2D eigenvalue weighted by Crippen LogP contribution is -2.12. The van der Waals surface area contributed by atoms with Crippen molar-refractivity contribution in [2.24, 2.45) is 0 Å². The van der Waals surface area contributed by atoms with Crippen LogP contribution in [0.2, 0.25) is 0 Å². The van der Waals surface area contributed by atoms with Gasteiger partial charge < -0.3 is 14.9 Å². The zero-order valence-electron chi connectivity index (χ0n) is 10.3. The molecule has 1 aromatic heterocycles. The maximum absolute atomic E-state index is 10.6. The van der Waals surface area contributed by atoms with Gasteiger partial charge in [0.15, 0.2) is 11.5 Å². The largest absolute Gasteiger partial charge is 0.476 e. The summed E-state index contributed by atoms with van der Waals surface area (Å²) in [6, 6.07) is 7.56. The number of hydrogen-bond acceptors (Lipinski definition) is 6. The van der Waals surface area contributed by atoms with Crippen molar-refractivity contribution in [2.75, 3.05) is 0 Å². The van der Waals surface area contributed by atoms with E-state index in [1.54, 1.807) is 12.1 Å². The van der Waals surface area contributed by atoms with E-state index >= 15 is 0 Å². The summed E-state index contributed by atoms with van der Waals surface area (Å²) in [7, 11) is 0. The molecule has 0 atom stereocenters. The molecule has 2 rings (SSSR count). The molecule has 0 saturated carbocycles. The first kappa shape index (κ1) is 13.7. The molecule has 0 radical (unpaired) electrons. The van der Waals surface area contributed by atoms with Crippen molar-refractivity contribution < 1.29 is 19.3 Å². The molecule has 1 heterocycles. The van der Waals surface area contributed by atoms with Gasteiger partial charge in [0.05, 0.1) is 11.5 Å². The number of rotatable bonds is 6. The second kappa shape index (κ2) is 5.93. The second-order valence-electron chi connectivity index (χ2n) is 4.01. The van der Waals surface area contributed by atoms with Gasteiger partial charge in [-0.15, -0.1) is 0 Å². The van der Waals surface area contributed by atoms with Crippen LogP contribution in [0.4, 0.5) is 5.69 Å². The van der Waals surface area contributed by atoms with E-state index in [4.69, 9.17) is 9.63 Å². The number of nitrogens with one attached hydrogen (secondary N) is 1. The molecular formula is C12H11N3O5. The maximum atomic E-state index is 10.6. The van der Waals surface area contributed by atoms with E-state index in [1.807, 2.05) is 0 Å². The highest BCUT2D eigenvalue weighted by molar-refractivity contribution is 5.85. The van der Waals surface area contributed by atoms with Crippen molar-refractivity contribution in [3.63, 3.8) is 0 Å². The minimum atomic E-state index is -1.15. The molecule has 0 spiro atoms. The molecule has 0 bridgehead atoms. The number of benzene rings is 1. The summed E-state index contributed by atoms with van der Waals surface area (Å²) < 4.78 is 4.82. The number of carboxylic acid groups (broad SMARTS) is 1. The Morgan fingerprint density at radius 2 is 2.20 bits per heavy atom. The number of aromatic nitrogens is 1. The molecule has 0 aliphatic carbocycles. The molecular weight excluding hydrogens is 266 g/mol. The van der Waals surface area contributed by atoms with Gasteiger partial charge in [-0.1, -0.05) is 17.3 Å². The molecule has 0 fully saturated rings. The summed E-state index contributed by atoms with van der Waals surface area (Å²) in [6.45, 7) is 0.674. The highest BCUT2D eigenvalue weighted by atomic mass is 16.6. The van der Waals surface area contributed by atoms with Gasteiger partial charge in [-0.25, -0.2) is 4.79 Å². The normalized spacial score (nSPS) is 10.4. The van der Waals surface area contributed by atoms with Gasteiger partial charge in [-0.05, 0) is 5.56 Å². The fraction of sp³-hybridized carbons (Fsp3) is 0.167. The van der Waals surface area contributed by atoms with Crippen LogP contribution in [0.15, 0.2) is 34.9 Å². The zero-order chi connectivity index (χ0) is 14.5. The van der Waals surface area contributed by atoms with E-state index in [9.17, 15) is 14.9 Å². The lowest BCUT2D eigenvalue weighted by Gasteiger charge is -2.02. The molecule has 0 aliphatic rings. The van der Waals surface area contributed by atoms with Crippen molar-refractivity contribution in [1.29, 1.82) is 0 Å². The van der Waals surface area contributed by atoms with Crippen LogP contribution in [0.3, 0.4) is 0 Å². The van der Waals surface area contributed by atoms with Crippen LogP contribution in [0, 0.1) is 10.1 Å². The van der Waals surface area contributed by atoms with Crippen molar-refractivity contribution in [3.05, 3.63) is 57.5 Å². The Labute approximate surface area is 113 Å². The SMILES string of the molecule is O=C(O)c1cc(CNCc2cccc([N+](=O)[O-])c2)on1. The number of nitrogens with zero attached hydrogens (tertiary/aromatic N) is 2. The number of carbonyl (C=O) groups is 1. The van der Waals surface area contributed by atoms with Crippen LogP contribution < -0.4 is 5.32 Å². The fourth-order valence-corrected chi connectivity index (χ4v) is 1.61. The van der Waals surface area contributed by atoms with E-state index in [0.717, 1.165) is 5.56 Å². The van der Waals surface area contributed by atoms with Crippen molar-refractivity contribution in [1.82, 2.24) is 10.5 Å². The van der Waals surface area contributed by atoms with Gasteiger partial charge in [-0.2, -0.15) is 0 Å². The fourth-order valence-electron chi connectivity index (χ4n) is 1.61. The summed E-state index contributed by atoms with van der Waals surface area (Å²) in [6.07, 6.45) is 0. The molecule has 2 N–H and O–H groups in total. The second-order valence-corrected chi connectivity index (χ2v) is 4.01. The van der Waals surface area contributed by atoms with Gasteiger partial charge in [0.25, 0.3) is 5.69 Å². The molecule has 8 nitrogen and oxygen atoms in total. The van der Waals surface area contributed by atoms with Crippen LogP contribution in [-0.2, 0) is 13.1 Å². The average molecular weight is 277 g/mol. The van der Waals surface area contributed by atoms with Gasteiger partial charge in [0.2, 0.25) is 0 Å². The van der Waals surface area contributed by atoms with Crippen LogP contribution in [0.25, 0.3) is 0 Å². The lowest BCUT2D eigenvalue weighted by atomic mass is 10.2. The van der Waals surface area contributed by atoms with E-state index in [1.165, 1.54) is 18.2 Å². The number of carboxylic acids is 1. The molecule has 20 heavy (non-hydrogen) atoms. The molecule has 0 aliphatic heterocycles. The van der Waals surface area contributed by atoms with Crippen LogP contribution >= 0.6 is 0 Å². The molecule has 0 saturated heterocycles.